The third-order valence-electron chi connectivity index (χ3n) is 3.95. The molecule has 0 aliphatic rings. The lowest BCUT2D eigenvalue weighted by Gasteiger charge is -2.16. The number of benzene rings is 2. The zero-order valence-electron chi connectivity index (χ0n) is 15.6. The van der Waals surface area contributed by atoms with Crippen LogP contribution >= 0.6 is 11.6 Å². The predicted molar refractivity (Wildman–Crippen MR) is 110 cm³/mol. The lowest BCUT2D eigenvalue weighted by atomic mass is 10.0. The smallest absolute Gasteiger partial charge is 0.255 e. The second-order valence-electron chi connectivity index (χ2n) is 6.32. The van der Waals surface area contributed by atoms with E-state index in [0.29, 0.717) is 16.6 Å². The number of rotatable bonds is 6. The average Bonchev–Trinajstić information content (AvgIpc) is 2.56. The van der Waals surface area contributed by atoms with Crippen LogP contribution in [-0.4, -0.2) is 11.1 Å². The number of carbonyl (C=O) groups excluding carboxylic acids is 1. The minimum atomic E-state index is -0.115. The molecule has 0 spiro atoms. The van der Waals surface area contributed by atoms with E-state index in [1.165, 1.54) is 0 Å². The summed E-state index contributed by atoms with van der Waals surface area (Å²) >= 11 is 5.77. The lowest BCUT2D eigenvalue weighted by molar-refractivity contribution is 0.102. The Morgan fingerprint density at radius 3 is 2.62 bits per heavy atom. The van der Waals surface area contributed by atoms with E-state index in [0.717, 1.165) is 22.4 Å². The summed E-state index contributed by atoms with van der Waals surface area (Å²) in [5.41, 5.74) is 4.43. The fourth-order valence-corrected chi connectivity index (χ4v) is 2.72. The van der Waals surface area contributed by atoms with Gasteiger partial charge in [0.15, 0.2) is 0 Å². The number of hydrogen-bond acceptors (Lipinski definition) is 3. The Labute approximate surface area is 160 Å². The maximum Gasteiger partial charge on any atom is 0.255 e. The Hall–Kier alpha value is -2.59. The van der Waals surface area contributed by atoms with E-state index in [-0.39, 0.29) is 11.9 Å². The molecule has 2 N–H and O–H groups in total. The highest BCUT2D eigenvalue weighted by Gasteiger charge is 2.11. The Bertz CT molecular complexity index is 854. The van der Waals surface area contributed by atoms with Crippen molar-refractivity contribution < 1.29 is 4.79 Å². The number of nitrogens with zero attached hydrogens (tertiary/aromatic N) is 1. The molecule has 136 valence electrons. The van der Waals surface area contributed by atoms with Crippen molar-refractivity contribution in [1.82, 2.24) is 5.32 Å². The van der Waals surface area contributed by atoms with Gasteiger partial charge in [-0.1, -0.05) is 48.0 Å². The van der Waals surface area contributed by atoms with Crippen LogP contribution in [-0.2, 0) is 0 Å². The number of hydrogen-bond donors (Lipinski definition) is 2. The molecular weight excluding hydrogens is 346 g/mol. The van der Waals surface area contributed by atoms with Crippen LogP contribution in [0.15, 0.2) is 59.9 Å². The number of aryl methyl sites for hydroxylation is 2. The van der Waals surface area contributed by atoms with Gasteiger partial charge in [-0.15, -0.1) is 0 Å². The number of aliphatic imine (C=N–C) groups is 1. The second-order valence-corrected chi connectivity index (χ2v) is 6.87. The van der Waals surface area contributed by atoms with Crippen molar-refractivity contribution in [1.29, 1.82) is 0 Å². The molecule has 1 atom stereocenters. The summed E-state index contributed by atoms with van der Waals surface area (Å²) in [6.07, 6.45) is 0. The van der Waals surface area contributed by atoms with Crippen LogP contribution in [0, 0.1) is 13.8 Å². The minimum absolute atomic E-state index is 0.0279. The van der Waals surface area contributed by atoms with E-state index in [9.17, 15) is 4.79 Å². The number of nitrogens with one attached hydrogen (secondary N) is 2. The summed E-state index contributed by atoms with van der Waals surface area (Å²) in [5.74, 6) is 0.380. The van der Waals surface area contributed by atoms with Crippen LogP contribution in [0.25, 0.3) is 0 Å². The second kappa shape index (κ2) is 8.68. The molecule has 0 aliphatic carbocycles. The van der Waals surface area contributed by atoms with E-state index in [1.54, 1.807) is 6.92 Å². The summed E-state index contributed by atoms with van der Waals surface area (Å²) in [6, 6.07) is 13.5. The number of amides is 1. The molecule has 0 saturated heterocycles. The largest absolute Gasteiger partial charge is 0.364 e. The Kier molecular flexibility index (Phi) is 6.58. The van der Waals surface area contributed by atoms with Gasteiger partial charge in [-0.2, -0.15) is 0 Å². The van der Waals surface area contributed by atoms with Crippen molar-refractivity contribution in [3.05, 3.63) is 77.1 Å². The summed E-state index contributed by atoms with van der Waals surface area (Å²) < 4.78 is 0. The maximum absolute atomic E-state index is 12.6. The zero-order chi connectivity index (χ0) is 19.3. The molecular formula is C21H24ClN3O. The summed E-state index contributed by atoms with van der Waals surface area (Å²) in [4.78, 5) is 16.7. The molecule has 26 heavy (non-hydrogen) atoms. The minimum Gasteiger partial charge on any atom is -0.364 e. The molecule has 0 aromatic heterocycles. The van der Waals surface area contributed by atoms with Gasteiger partial charge in [0.2, 0.25) is 0 Å². The molecule has 1 amide bonds. The van der Waals surface area contributed by atoms with Crippen LogP contribution in [0.5, 0.6) is 0 Å². The summed E-state index contributed by atoms with van der Waals surface area (Å²) in [7, 11) is 0. The van der Waals surface area contributed by atoms with Gasteiger partial charge in [0.1, 0.15) is 11.0 Å². The Balaban J connectivity index is 2.13. The molecule has 4 nitrogen and oxygen atoms in total. The fraction of sp³-hybridized carbons (Fsp3) is 0.238. The predicted octanol–water partition coefficient (Wildman–Crippen LogP) is 5.33. The van der Waals surface area contributed by atoms with E-state index in [2.05, 4.69) is 22.2 Å². The number of carbonyl (C=O) groups is 1. The topological polar surface area (TPSA) is 53.5 Å². The highest BCUT2D eigenvalue weighted by atomic mass is 35.5. The van der Waals surface area contributed by atoms with E-state index < -0.39 is 0 Å². The molecule has 0 bridgehead atoms. The van der Waals surface area contributed by atoms with Crippen molar-refractivity contribution in [2.45, 2.75) is 33.7 Å². The SMILES string of the molecule is C=C(/N=C(\C)Cl)NC(C)c1cccc(NC(=O)c2cc(C)ccc2C)c1. The molecule has 2 aromatic carbocycles. The number of halogens is 1. The van der Waals surface area contributed by atoms with Crippen molar-refractivity contribution in [2.24, 2.45) is 4.99 Å². The molecule has 5 heteroatoms. The van der Waals surface area contributed by atoms with Gasteiger partial charge in [-0.05, 0) is 57.0 Å². The zero-order valence-corrected chi connectivity index (χ0v) is 16.3. The fourth-order valence-electron chi connectivity index (χ4n) is 2.62. The number of anilines is 1. The van der Waals surface area contributed by atoms with Gasteiger partial charge >= 0.3 is 0 Å². The van der Waals surface area contributed by atoms with Crippen molar-refractivity contribution in [3.8, 4) is 0 Å². The molecule has 0 radical (unpaired) electrons. The third-order valence-corrected chi connectivity index (χ3v) is 4.04. The first-order valence-electron chi connectivity index (χ1n) is 8.41. The van der Waals surface area contributed by atoms with Crippen LogP contribution in [0.3, 0.4) is 0 Å². The molecule has 2 rings (SSSR count). The van der Waals surface area contributed by atoms with Gasteiger partial charge in [-0.3, -0.25) is 4.79 Å². The Morgan fingerprint density at radius 2 is 1.92 bits per heavy atom. The monoisotopic (exact) mass is 369 g/mol. The van der Waals surface area contributed by atoms with Gasteiger partial charge in [0, 0.05) is 17.3 Å². The molecule has 0 heterocycles. The molecule has 0 aliphatic heterocycles. The first-order valence-corrected chi connectivity index (χ1v) is 8.79. The normalized spacial score (nSPS) is 12.4. The maximum atomic E-state index is 12.6. The third kappa shape index (κ3) is 5.46. The van der Waals surface area contributed by atoms with Crippen LogP contribution in [0.4, 0.5) is 5.69 Å². The van der Waals surface area contributed by atoms with Gasteiger partial charge in [0.25, 0.3) is 5.91 Å². The van der Waals surface area contributed by atoms with Gasteiger partial charge in [0.05, 0.1) is 0 Å². The first-order chi connectivity index (χ1) is 12.3. The van der Waals surface area contributed by atoms with Gasteiger partial charge < -0.3 is 10.6 Å². The first kappa shape index (κ1) is 19.7. The van der Waals surface area contributed by atoms with Crippen LogP contribution in [0.1, 0.15) is 46.9 Å². The summed E-state index contributed by atoms with van der Waals surface area (Å²) in [6.45, 7) is 11.4. The van der Waals surface area contributed by atoms with Crippen LogP contribution < -0.4 is 10.6 Å². The average molecular weight is 370 g/mol. The Morgan fingerprint density at radius 1 is 1.19 bits per heavy atom. The van der Waals surface area contributed by atoms with E-state index in [4.69, 9.17) is 11.6 Å². The van der Waals surface area contributed by atoms with Crippen molar-refractivity contribution in [3.63, 3.8) is 0 Å². The molecule has 2 aromatic rings. The van der Waals surface area contributed by atoms with E-state index >= 15 is 0 Å². The highest BCUT2D eigenvalue weighted by Crippen LogP contribution is 2.20. The molecule has 0 fully saturated rings. The van der Waals surface area contributed by atoms with E-state index in [1.807, 2.05) is 63.2 Å². The molecule has 1 unspecified atom stereocenters. The van der Waals surface area contributed by atoms with Crippen LogP contribution in [0.2, 0.25) is 0 Å². The van der Waals surface area contributed by atoms with Crippen molar-refractivity contribution in [2.75, 3.05) is 5.32 Å². The van der Waals surface area contributed by atoms with Gasteiger partial charge in [-0.25, -0.2) is 4.99 Å². The highest BCUT2D eigenvalue weighted by molar-refractivity contribution is 6.64. The van der Waals surface area contributed by atoms with Crippen molar-refractivity contribution >= 4 is 28.4 Å². The summed E-state index contributed by atoms with van der Waals surface area (Å²) in [5, 5.41) is 6.57. The lowest BCUT2D eigenvalue weighted by Crippen LogP contribution is -2.18. The quantitative estimate of drug-likeness (QED) is 0.675. The standard InChI is InChI=1S/C21H24ClN3O/c1-13-9-10-14(2)20(11-13)21(26)25-19-8-6-7-18(12-19)15(3)23-17(5)24-16(4)22/h6-12,15,23H,5H2,1-4H3,(H,25,26)/b24-16+. The molecule has 0 saturated carbocycles.